The molecule has 0 saturated heterocycles. The van der Waals surface area contributed by atoms with E-state index in [0.717, 1.165) is 37.7 Å². The average molecular weight is 404 g/mol. The van der Waals surface area contributed by atoms with Gasteiger partial charge in [-0.3, -0.25) is 4.79 Å². The summed E-state index contributed by atoms with van der Waals surface area (Å²) < 4.78 is 0. The van der Waals surface area contributed by atoms with Crippen molar-refractivity contribution in [3.63, 3.8) is 0 Å². The van der Waals surface area contributed by atoms with E-state index in [1.165, 1.54) is 19.3 Å². The van der Waals surface area contributed by atoms with E-state index in [1.54, 1.807) is 6.08 Å². The number of phenols is 2. The fraction of sp³-hybridized carbons (Fsp3) is 0.640. The third-order valence-electron chi connectivity index (χ3n) is 6.06. The average Bonchev–Trinajstić information content (AvgIpc) is 2.65. The topological polar surface area (TPSA) is 83.5 Å². The molecule has 1 amide bonds. The number of carbonyl (C=O) groups is 1. The second-order valence-electron chi connectivity index (χ2n) is 8.99. The van der Waals surface area contributed by atoms with Crippen molar-refractivity contribution in [2.45, 2.75) is 96.8 Å². The number of hydrogen-bond donors (Lipinski definition) is 3. The quantitative estimate of drug-likeness (QED) is 0.352. The fourth-order valence-electron chi connectivity index (χ4n) is 4.28. The van der Waals surface area contributed by atoms with Gasteiger partial charge in [-0.2, -0.15) is 0 Å². The lowest BCUT2D eigenvalue weighted by Gasteiger charge is -2.30. The SMILES string of the molecule is C=CC.CCCCCCC(C)(C)c1cc(O)c(C2CCCC(C(N)=O)C2)c(O)c1. The third-order valence-corrected chi connectivity index (χ3v) is 6.06. The van der Waals surface area contributed by atoms with Crippen LogP contribution < -0.4 is 5.73 Å². The number of amides is 1. The molecule has 1 aliphatic carbocycles. The van der Waals surface area contributed by atoms with Crippen molar-refractivity contribution in [1.82, 2.24) is 0 Å². The van der Waals surface area contributed by atoms with Crippen LogP contribution >= 0.6 is 0 Å². The molecule has 164 valence electrons. The Morgan fingerprint density at radius 2 is 1.79 bits per heavy atom. The van der Waals surface area contributed by atoms with E-state index in [4.69, 9.17) is 5.73 Å². The number of aromatic hydroxyl groups is 2. The normalized spacial score (nSPS) is 19.2. The molecule has 0 aliphatic heterocycles. The lowest BCUT2D eigenvalue weighted by molar-refractivity contribution is -0.122. The van der Waals surface area contributed by atoms with Gasteiger partial charge in [0, 0.05) is 11.5 Å². The highest BCUT2D eigenvalue weighted by molar-refractivity contribution is 5.76. The third kappa shape index (κ3) is 7.41. The highest BCUT2D eigenvalue weighted by atomic mass is 16.3. The van der Waals surface area contributed by atoms with Gasteiger partial charge in [-0.05, 0) is 61.6 Å². The Bertz CT molecular complexity index is 643. The van der Waals surface area contributed by atoms with Crippen molar-refractivity contribution >= 4 is 5.91 Å². The molecule has 2 atom stereocenters. The number of benzene rings is 1. The molecule has 1 aromatic carbocycles. The molecule has 4 nitrogen and oxygen atoms in total. The van der Waals surface area contributed by atoms with Gasteiger partial charge in [0.05, 0.1) is 0 Å². The molecule has 1 aliphatic rings. The molecule has 0 bridgehead atoms. The van der Waals surface area contributed by atoms with Gasteiger partial charge in [-0.25, -0.2) is 0 Å². The van der Waals surface area contributed by atoms with E-state index < -0.39 is 0 Å². The van der Waals surface area contributed by atoms with Gasteiger partial charge in [0.1, 0.15) is 11.5 Å². The second-order valence-corrected chi connectivity index (χ2v) is 8.99. The van der Waals surface area contributed by atoms with Crippen molar-refractivity contribution in [3.8, 4) is 11.5 Å². The Morgan fingerprint density at radius 1 is 1.21 bits per heavy atom. The molecule has 0 heterocycles. The molecule has 2 rings (SSSR count). The summed E-state index contributed by atoms with van der Waals surface area (Å²) in [5, 5.41) is 21.3. The fourth-order valence-corrected chi connectivity index (χ4v) is 4.28. The van der Waals surface area contributed by atoms with Gasteiger partial charge in [0.15, 0.2) is 0 Å². The van der Waals surface area contributed by atoms with Crippen molar-refractivity contribution < 1.29 is 15.0 Å². The molecule has 1 aromatic rings. The molecule has 0 radical (unpaired) electrons. The molecule has 4 N–H and O–H groups in total. The van der Waals surface area contributed by atoms with Gasteiger partial charge in [0.25, 0.3) is 0 Å². The van der Waals surface area contributed by atoms with Crippen LogP contribution in [-0.2, 0) is 10.2 Å². The summed E-state index contributed by atoms with van der Waals surface area (Å²) in [7, 11) is 0. The molecule has 0 aromatic heterocycles. The van der Waals surface area contributed by atoms with E-state index in [1.807, 2.05) is 19.1 Å². The zero-order valence-corrected chi connectivity index (χ0v) is 18.8. The Balaban J connectivity index is 0.00000132. The van der Waals surface area contributed by atoms with Crippen LogP contribution in [0.3, 0.4) is 0 Å². The first-order chi connectivity index (χ1) is 13.7. The number of primary amides is 1. The van der Waals surface area contributed by atoms with E-state index in [-0.39, 0.29) is 34.7 Å². The number of allylic oxidation sites excluding steroid dienone is 1. The van der Waals surface area contributed by atoms with Crippen LogP contribution in [0.15, 0.2) is 24.8 Å². The van der Waals surface area contributed by atoms with E-state index in [0.29, 0.717) is 12.0 Å². The number of nitrogens with two attached hydrogens (primary N) is 1. The van der Waals surface area contributed by atoms with Crippen LogP contribution in [-0.4, -0.2) is 16.1 Å². The smallest absolute Gasteiger partial charge is 0.220 e. The number of hydrogen-bond acceptors (Lipinski definition) is 3. The minimum atomic E-state index is -0.279. The maximum atomic E-state index is 11.5. The monoisotopic (exact) mass is 403 g/mol. The maximum absolute atomic E-state index is 11.5. The minimum absolute atomic E-state index is 0.0111. The Kier molecular flexibility index (Phi) is 10.3. The van der Waals surface area contributed by atoms with Gasteiger partial charge in [-0.15, -0.1) is 6.58 Å². The number of carbonyl (C=O) groups excluding carboxylic acids is 1. The molecule has 0 spiro atoms. The Morgan fingerprint density at radius 3 is 2.31 bits per heavy atom. The predicted molar refractivity (Wildman–Crippen MR) is 121 cm³/mol. The largest absolute Gasteiger partial charge is 0.508 e. The summed E-state index contributed by atoms with van der Waals surface area (Å²) >= 11 is 0. The highest BCUT2D eigenvalue weighted by Gasteiger charge is 2.31. The van der Waals surface area contributed by atoms with Gasteiger partial charge in [-0.1, -0.05) is 59.0 Å². The van der Waals surface area contributed by atoms with Gasteiger partial charge in [0.2, 0.25) is 5.91 Å². The van der Waals surface area contributed by atoms with Crippen molar-refractivity contribution in [3.05, 3.63) is 35.9 Å². The first kappa shape index (κ1) is 25.1. The molecule has 2 unspecified atom stereocenters. The Hall–Kier alpha value is -1.97. The lowest BCUT2D eigenvalue weighted by Crippen LogP contribution is -2.28. The molecule has 1 saturated carbocycles. The molecule has 29 heavy (non-hydrogen) atoms. The lowest BCUT2D eigenvalue weighted by atomic mass is 9.75. The van der Waals surface area contributed by atoms with Crippen LogP contribution in [0.2, 0.25) is 0 Å². The molecule has 4 heteroatoms. The zero-order valence-electron chi connectivity index (χ0n) is 18.8. The van der Waals surface area contributed by atoms with E-state index in [2.05, 4.69) is 27.4 Å². The predicted octanol–water partition coefficient (Wildman–Crippen LogP) is 6.30. The minimum Gasteiger partial charge on any atom is -0.508 e. The Labute approximate surface area is 177 Å². The van der Waals surface area contributed by atoms with Crippen molar-refractivity contribution in [1.29, 1.82) is 0 Å². The van der Waals surface area contributed by atoms with Crippen LogP contribution in [0.4, 0.5) is 0 Å². The molecular formula is C25H41NO3. The molecular weight excluding hydrogens is 362 g/mol. The molecule has 1 fully saturated rings. The van der Waals surface area contributed by atoms with Crippen molar-refractivity contribution in [2.75, 3.05) is 0 Å². The highest BCUT2D eigenvalue weighted by Crippen LogP contribution is 2.46. The zero-order chi connectivity index (χ0) is 22.0. The maximum Gasteiger partial charge on any atom is 0.220 e. The summed E-state index contributed by atoms with van der Waals surface area (Å²) in [5.41, 5.74) is 6.93. The van der Waals surface area contributed by atoms with Crippen LogP contribution in [0.25, 0.3) is 0 Å². The van der Waals surface area contributed by atoms with Crippen LogP contribution in [0.5, 0.6) is 11.5 Å². The summed E-state index contributed by atoms with van der Waals surface area (Å²) in [4.78, 5) is 11.5. The summed E-state index contributed by atoms with van der Waals surface area (Å²) in [6.45, 7) is 11.8. The van der Waals surface area contributed by atoms with Gasteiger partial charge < -0.3 is 15.9 Å². The van der Waals surface area contributed by atoms with Gasteiger partial charge >= 0.3 is 0 Å². The second kappa shape index (κ2) is 11.9. The van der Waals surface area contributed by atoms with E-state index in [9.17, 15) is 15.0 Å². The van der Waals surface area contributed by atoms with Crippen molar-refractivity contribution in [2.24, 2.45) is 11.7 Å². The van der Waals surface area contributed by atoms with E-state index >= 15 is 0 Å². The first-order valence-corrected chi connectivity index (χ1v) is 11.1. The van der Waals surface area contributed by atoms with Crippen LogP contribution in [0, 0.1) is 5.92 Å². The van der Waals surface area contributed by atoms with Crippen LogP contribution in [0.1, 0.15) is 103 Å². The standard InChI is InChI=1S/C22H35NO3.C3H6/c1-4-5-6-7-11-22(2,3)17-13-18(24)20(19(25)14-17)15-9-8-10-16(12-15)21(23)26;1-3-2/h13-16,24-25H,4-12H2,1-3H3,(H2,23,26);3H,1H2,2H3. The first-order valence-electron chi connectivity index (χ1n) is 11.1. The summed E-state index contributed by atoms with van der Waals surface area (Å²) in [6, 6.07) is 3.62. The summed E-state index contributed by atoms with van der Waals surface area (Å²) in [6.07, 6.45) is 10.8. The number of unbranched alkanes of at least 4 members (excludes halogenated alkanes) is 3. The number of rotatable bonds is 8. The number of phenolic OH excluding ortho intramolecular Hbond substituents is 2. The summed E-state index contributed by atoms with van der Waals surface area (Å²) in [5.74, 6) is -0.155.